The lowest BCUT2D eigenvalue weighted by molar-refractivity contribution is -0.173. The predicted molar refractivity (Wildman–Crippen MR) is 59.8 cm³/mol. The first-order valence-electron chi connectivity index (χ1n) is 5.85. The third-order valence-electron chi connectivity index (χ3n) is 3.02. The minimum Gasteiger partial charge on any atom is -0.396 e. The molecule has 0 rings (SSSR count). The molecule has 0 aromatic carbocycles. The molecule has 0 atom stereocenters. The second-order valence-electron chi connectivity index (χ2n) is 4.21. The molecule has 104 valence electrons. The average Bonchev–Trinajstić information content (AvgIpc) is 2.28. The Kier molecular flexibility index (Phi) is 7.74. The number of aliphatic hydroxyl groups is 1. The highest BCUT2D eigenvalue weighted by atomic mass is 19.4. The fourth-order valence-corrected chi connectivity index (χ4v) is 1.47. The minimum absolute atomic E-state index is 0.0223. The first-order valence-corrected chi connectivity index (χ1v) is 5.85. The van der Waals surface area contributed by atoms with Crippen LogP contribution in [0.5, 0.6) is 0 Å². The maximum Gasteiger partial charge on any atom is 0.411 e. The molecule has 0 amide bonds. The summed E-state index contributed by atoms with van der Waals surface area (Å²) in [6.45, 7) is 3.82. The summed E-state index contributed by atoms with van der Waals surface area (Å²) in [7, 11) is 0. The summed E-state index contributed by atoms with van der Waals surface area (Å²) >= 11 is 0. The Morgan fingerprint density at radius 3 is 2.18 bits per heavy atom. The smallest absolute Gasteiger partial charge is 0.396 e. The van der Waals surface area contributed by atoms with Crippen LogP contribution in [0.4, 0.5) is 13.2 Å². The first-order chi connectivity index (χ1) is 7.89. The molecule has 3 nitrogen and oxygen atoms in total. The Labute approximate surface area is 100 Å². The average molecular weight is 257 g/mol. The Balaban J connectivity index is 3.63. The Bertz CT molecular complexity index is 185. The van der Waals surface area contributed by atoms with Crippen molar-refractivity contribution >= 4 is 0 Å². The van der Waals surface area contributed by atoms with E-state index in [4.69, 9.17) is 0 Å². The number of hydrogen-bond acceptors (Lipinski definition) is 3. The van der Waals surface area contributed by atoms with Gasteiger partial charge in [-0.15, -0.1) is 0 Å². The van der Waals surface area contributed by atoms with Crippen molar-refractivity contribution < 1.29 is 23.0 Å². The molecule has 6 heteroatoms. The van der Waals surface area contributed by atoms with Gasteiger partial charge < -0.3 is 15.2 Å². The van der Waals surface area contributed by atoms with Gasteiger partial charge in [0.1, 0.15) is 6.61 Å². The molecule has 0 aromatic rings. The number of alkyl halides is 3. The summed E-state index contributed by atoms with van der Waals surface area (Å²) < 4.78 is 39.7. The fourth-order valence-electron chi connectivity index (χ4n) is 1.47. The Morgan fingerprint density at radius 2 is 1.76 bits per heavy atom. The minimum atomic E-state index is -4.26. The summed E-state index contributed by atoms with van der Waals surface area (Å²) in [4.78, 5) is 0. The normalized spacial score (nSPS) is 13.1. The van der Waals surface area contributed by atoms with Crippen LogP contribution >= 0.6 is 0 Å². The van der Waals surface area contributed by atoms with Crippen LogP contribution < -0.4 is 5.32 Å². The summed E-state index contributed by atoms with van der Waals surface area (Å²) in [5.41, 5.74) is -0.177. The molecule has 0 bridgehead atoms. The highest BCUT2D eigenvalue weighted by Crippen LogP contribution is 2.24. The topological polar surface area (TPSA) is 41.5 Å². The molecule has 2 N–H and O–H groups in total. The molecule has 0 saturated carbocycles. The zero-order valence-corrected chi connectivity index (χ0v) is 10.4. The highest BCUT2D eigenvalue weighted by molar-refractivity contribution is 4.77. The van der Waals surface area contributed by atoms with Gasteiger partial charge in [-0.25, -0.2) is 0 Å². The molecular formula is C11H22F3NO2. The molecule has 0 aromatic heterocycles. The predicted octanol–water partition coefficient (Wildman–Crippen LogP) is 1.95. The van der Waals surface area contributed by atoms with E-state index in [0.29, 0.717) is 13.1 Å². The molecule has 0 saturated heterocycles. The quantitative estimate of drug-likeness (QED) is 0.620. The second kappa shape index (κ2) is 7.89. The molecule has 0 aliphatic carbocycles. The van der Waals surface area contributed by atoms with Gasteiger partial charge in [-0.3, -0.25) is 0 Å². The van der Waals surface area contributed by atoms with Gasteiger partial charge in [0, 0.05) is 25.1 Å². The van der Waals surface area contributed by atoms with Gasteiger partial charge in [-0.1, -0.05) is 13.8 Å². The Morgan fingerprint density at radius 1 is 1.18 bits per heavy atom. The van der Waals surface area contributed by atoms with Gasteiger partial charge in [0.05, 0.1) is 6.61 Å². The van der Waals surface area contributed by atoms with Crippen LogP contribution in [-0.4, -0.2) is 44.2 Å². The number of hydrogen-bond donors (Lipinski definition) is 2. The van der Waals surface area contributed by atoms with Crippen LogP contribution in [0.1, 0.15) is 26.7 Å². The van der Waals surface area contributed by atoms with Crippen LogP contribution in [0.3, 0.4) is 0 Å². The summed E-state index contributed by atoms with van der Waals surface area (Å²) in [6.07, 6.45) is -2.60. The van der Waals surface area contributed by atoms with Crippen molar-refractivity contribution in [2.24, 2.45) is 5.41 Å². The van der Waals surface area contributed by atoms with Gasteiger partial charge in [-0.05, 0) is 12.8 Å². The van der Waals surface area contributed by atoms with Crippen molar-refractivity contribution in [3.63, 3.8) is 0 Å². The van der Waals surface area contributed by atoms with Crippen molar-refractivity contribution in [1.29, 1.82) is 0 Å². The molecule has 0 aliphatic heterocycles. The van der Waals surface area contributed by atoms with E-state index < -0.39 is 12.8 Å². The van der Waals surface area contributed by atoms with Crippen molar-refractivity contribution in [3.05, 3.63) is 0 Å². The van der Waals surface area contributed by atoms with Gasteiger partial charge >= 0.3 is 6.18 Å². The Hall–Kier alpha value is -0.330. The van der Waals surface area contributed by atoms with Crippen LogP contribution in [0, 0.1) is 5.41 Å². The SMILES string of the molecule is CCC(CC)(CO)CNCCOCC(F)(F)F. The van der Waals surface area contributed by atoms with Gasteiger partial charge in [0.25, 0.3) is 0 Å². The third-order valence-corrected chi connectivity index (χ3v) is 3.02. The van der Waals surface area contributed by atoms with E-state index in [1.165, 1.54) is 0 Å². The van der Waals surface area contributed by atoms with E-state index in [0.717, 1.165) is 12.8 Å². The first kappa shape index (κ1) is 16.7. The van der Waals surface area contributed by atoms with Gasteiger partial charge in [-0.2, -0.15) is 13.2 Å². The van der Waals surface area contributed by atoms with Gasteiger partial charge in [0.15, 0.2) is 0 Å². The lowest BCUT2D eigenvalue weighted by Gasteiger charge is -2.29. The van der Waals surface area contributed by atoms with Crippen LogP contribution in [0.15, 0.2) is 0 Å². The molecule has 0 unspecified atom stereocenters. The lowest BCUT2D eigenvalue weighted by Crippen LogP contribution is -2.38. The molecule has 0 spiro atoms. The van der Waals surface area contributed by atoms with E-state index in [-0.39, 0.29) is 18.6 Å². The van der Waals surface area contributed by atoms with Crippen molar-refractivity contribution in [3.8, 4) is 0 Å². The standard InChI is InChI=1S/C11H22F3NO2/c1-3-10(4-2,8-16)7-15-5-6-17-9-11(12,13)14/h15-16H,3-9H2,1-2H3. The molecule has 0 radical (unpaired) electrons. The van der Waals surface area contributed by atoms with Crippen LogP contribution in [0.2, 0.25) is 0 Å². The maximum atomic E-state index is 11.7. The zero-order chi connectivity index (χ0) is 13.4. The number of rotatable bonds is 9. The molecule has 0 fully saturated rings. The van der Waals surface area contributed by atoms with Crippen molar-refractivity contribution in [1.82, 2.24) is 5.32 Å². The van der Waals surface area contributed by atoms with E-state index in [9.17, 15) is 18.3 Å². The maximum absolute atomic E-state index is 11.7. The number of halogens is 3. The van der Waals surface area contributed by atoms with Crippen LogP contribution in [-0.2, 0) is 4.74 Å². The number of aliphatic hydroxyl groups excluding tert-OH is 1. The molecule has 0 heterocycles. The van der Waals surface area contributed by atoms with Crippen molar-refractivity contribution in [2.75, 3.05) is 32.9 Å². The summed E-state index contributed by atoms with van der Waals surface area (Å²) in [5, 5.41) is 12.3. The molecular weight excluding hydrogens is 235 g/mol. The largest absolute Gasteiger partial charge is 0.411 e. The molecule has 17 heavy (non-hydrogen) atoms. The zero-order valence-electron chi connectivity index (χ0n) is 10.4. The highest BCUT2D eigenvalue weighted by Gasteiger charge is 2.27. The fraction of sp³-hybridized carbons (Fsp3) is 1.00. The van der Waals surface area contributed by atoms with E-state index >= 15 is 0 Å². The third kappa shape index (κ3) is 7.57. The van der Waals surface area contributed by atoms with Crippen LogP contribution in [0.25, 0.3) is 0 Å². The van der Waals surface area contributed by atoms with E-state index in [1.807, 2.05) is 13.8 Å². The van der Waals surface area contributed by atoms with E-state index in [2.05, 4.69) is 10.1 Å². The van der Waals surface area contributed by atoms with E-state index in [1.54, 1.807) is 0 Å². The second-order valence-corrected chi connectivity index (χ2v) is 4.21. The lowest BCUT2D eigenvalue weighted by atomic mass is 9.83. The van der Waals surface area contributed by atoms with Gasteiger partial charge in [0.2, 0.25) is 0 Å². The molecule has 0 aliphatic rings. The monoisotopic (exact) mass is 257 g/mol. The summed E-state index contributed by atoms with van der Waals surface area (Å²) in [6, 6.07) is 0. The number of nitrogens with one attached hydrogen (secondary N) is 1. The van der Waals surface area contributed by atoms with Crippen molar-refractivity contribution in [2.45, 2.75) is 32.9 Å². The number of ether oxygens (including phenoxy) is 1. The summed E-state index contributed by atoms with van der Waals surface area (Å²) in [5.74, 6) is 0.